The third-order valence-corrected chi connectivity index (χ3v) is 4.69. The van der Waals surface area contributed by atoms with E-state index in [2.05, 4.69) is 37.9 Å². The van der Waals surface area contributed by atoms with Crippen molar-refractivity contribution in [3.63, 3.8) is 0 Å². The van der Waals surface area contributed by atoms with Crippen LogP contribution in [0.3, 0.4) is 0 Å². The molecule has 2 aromatic rings. The quantitative estimate of drug-likeness (QED) is 0.679. The zero-order valence-electron chi connectivity index (χ0n) is 10.8. The molecule has 1 aliphatic heterocycles. The molecule has 20 heavy (non-hydrogen) atoms. The first-order chi connectivity index (χ1) is 9.66. The Kier molecular flexibility index (Phi) is 3.94. The molecule has 3 rings (SSSR count). The van der Waals surface area contributed by atoms with Gasteiger partial charge in [0.25, 0.3) is 5.91 Å². The molecule has 1 amide bonds. The van der Waals surface area contributed by atoms with Crippen molar-refractivity contribution in [3.8, 4) is 0 Å². The van der Waals surface area contributed by atoms with E-state index in [0.717, 1.165) is 34.0 Å². The minimum absolute atomic E-state index is 0.0562. The van der Waals surface area contributed by atoms with Crippen LogP contribution in [0, 0.1) is 0 Å². The summed E-state index contributed by atoms with van der Waals surface area (Å²) in [5, 5.41) is 0. The fourth-order valence-electron chi connectivity index (χ4n) is 2.56. The van der Waals surface area contributed by atoms with Gasteiger partial charge in [-0.2, -0.15) is 0 Å². The Morgan fingerprint density at radius 3 is 2.70 bits per heavy atom. The molecule has 0 fully saturated rings. The number of hydrogen-bond acceptors (Lipinski definition) is 1. The summed E-state index contributed by atoms with van der Waals surface area (Å²) in [6.45, 7) is 0.773. The molecule has 0 aliphatic carbocycles. The first-order valence-electron chi connectivity index (χ1n) is 6.51. The van der Waals surface area contributed by atoms with Gasteiger partial charge in [-0.3, -0.25) is 4.79 Å². The van der Waals surface area contributed by atoms with Crippen LogP contribution in [0.4, 0.5) is 5.69 Å². The minimum Gasteiger partial charge on any atom is -0.308 e. The van der Waals surface area contributed by atoms with E-state index in [0.29, 0.717) is 5.56 Å². The molecule has 0 bridgehead atoms. The van der Waals surface area contributed by atoms with Crippen LogP contribution in [0.5, 0.6) is 0 Å². The van der Waals surface area contributed by atoms with Gasteiger partial charge in [-0.1, -0.05) is 28.1 Å². The normalized spacial score (nSPS) is 14.0. The molecule has 1 heterocycles. The monoisotopic (exact) mass is 393 g/mol. The van der Waals surface area contributed by atoms with E-state index in [1.54, 1.807) is 0 Å². The van der Waals surface area contributed by atoms with Gasteiger partial charge in [0.2, 0.25) is 0 Å². The molecule has 4 heteroatoms. The highest BCUT2D eigenvalue weighted by atomic mass is 79.9. The van der Waals surface area contributed by atoms with Crippen molar-refractivity contribution in [1.82, 2.24) is 0 Å². The predicted octanol–water partition coefficient (Wildman–Crippen LogP) is 4.80. The molecule has 102 valence electrons. The van der Waals surface area contributed by atoms with Gasteiger partial charge in [0, 0.05) is 21.2 Å². The minimum atomic E-state index is 0.0562. The Labute approximate surface area is 135 Å². The fourth-order valence-corrected chi connectivity index (χ4v) is 3.42. The maximum Gasteiger partial charge on any atom is 0.259 e. The second-order valence-corrected chi connectivity index (χ2v) is 6.58. The zero-order chi connectivity index (χ0) is 14.1. The molecule has 2 nitrogen and oxygen atoms in total. The zero-order valence-corrected chi connectivity index (χ0v) is 13.9. The standard InChI is InChI=1S/C16H13Br2NO/c17-12-7-8-15-11(10-12)4-3-9-19(15)16(20)13-5-1-2-6-14(13)18/h1-2,5-8,10H,3-4,9H2. The highest BCUT2D eigenvalue weighted by molar-refractivity contribution is 9.10. The number of aryl methyl sites for hydroxylation is 1. The lowest BCUT2D eigenvalue weighted by molar-refractivity contribution is 0.0984. The van der Waals surface area contributed by atoms with Crippen molar-refractivity contribution in [1.29, 1.82) is 0 Å². The first-order valence-corrected chi connectivity index (χ1v) is 8.10. The molecule has 0 aromatic heterocycles. The number of amides is 1. The van der Waals surface area contributed by atoms with Gasteiger partial charge in [0.15, 0.2) is 0 Å². The molecule has 0 saturated carbocycles. The van der Waals surface area contributed by atoms with E-state index in [4.69, 9.17) is 0 Å². The Balaban J connectivity index is 2.01. The Morgan fingerprint density at radius 2 is 1.90 bits per heavy atom. The van der Waals surface area contributed by atoms with Crippen LogP contribution in [0.1, 0.15) is 22.3 Å². The number of carbonyl (C=O) groups is 1. The van der Waals surface area contributed by atoms with Gasteiger partial charge >= 0.3 is 0 Å². The molecule has 2 aromatic carbocycles. The summed E-state index contributed by atoms with van der Waals surface area (Å²) in [7, 11) is 0. The van der Waals surface area contributed by atoms with Crippen LogP contribution in [0.2, 0.25) is 0 Å². The largest absolute Gasteiger partial charge is 0.308 e. The van der Waals surface area contributed by atoms with E-state index in [1.165, 1.54) is 5.56 Å². The molecule has 0 spiro atoms. The van der Waals surface area contributed by atoms with Gasteiger partial charge in [-0.15, -0.1) is 0 Å². The maximum atomic E-state index is 12.8. The SMILES string of the molecule is O=C(c1ccccc1Br)N1CCCc2cc(Br)ccc21. The number of benzene rings is 2. The van der Waals surface area contributed by atoms with Crippen LogP contribution >= 0.6 is 31.9 Å². The maximum absolute atomic E-state index is 12.8. The highest BCUT2D eigenvalue weighted by Gasteiger charge is 2.24. The van der Waals surface area contributed by atoms with Gasteiger partial charge in [0.05, 0.1) is 5.56 Å². The van der Waals surface area contributed by atoms with Gasteiger partial charge < -0.3 is 4.90 Å². The van der Waals surface area contributed by atoms with Crippen molar-refractivity contribution >= 4 is 43.5 Å². The average molecular weight is 395 g/mol. The van der Waals surface area contributed by atoms with Crippen molar-refractivity contribution in [2.24, 2.45) is 0 Å². The third-order valence-electron chi connectivity index (χ3n) is 3.51. The lowest BCUT2D eigenvalue weighted by Gasteiger charge is -2.30. The van der Waals surface area contributed by atoms with Gasteiger partial charge in [0.1, 0.15) is 0 Å². The van der Waals surface area contributed by atoms with Crippen LogP contribution in [0.15, 0.2) is 51.4 Å². The second kappa shape index (κ2) is 5.70. The van der Waals surface area contributed by atoms with E-state index >= 15 is 0 Å². The Bertz CT molecular complexity index is 669. The summed E-state index contributed by atoms with van der Waals surface area (Å²) < 4.78 is 1.90. The Morgan fingerprint density at radius 1 is 1.10 bits per heavy atom. The summed E-state index contributed by atoms with van der Waals surface area (Å²) >= 11 is 6.95. The van der Waals surface area contributed by atoms with E-state index in [1.807, 2.05) is 41.3 Å². The predicted molar refractivity (Wildman–Crippen MR) is 88.3 cm³/mol. The first kappa shape index (κ1) is 13.8. The van der Waals surface area contributed by atoms with Crippen molar-refractivity contribution in [2.75, 3.05) is 11.4 Å². The van der Waals surface area contributed by atoms with E-state index < -0.39 is 0 Å². The topological polar surface area (TPSA) is 20.3 Å². The van der Waals surface area contributed by atoms with Gasteiger partial charge in [-0.05, 0) is 64.7 Å². The van der Waals surface area contributed by atoms with E-state index in [9.17, 15) is 4.79 Å². The highest BCUT2D eigenvalue weighted by Crippen LogP contribution is 2.31. The van der Waals surface area contributed by atoms with Crippen molar-refractivity contribution in [2.45, 2.75) is 12.8 Å². The van der Waals surface area contributed by atoms with Gasteiger partial charge in [-0.25, -0.2) is 0 Å². The summed E-state index contributed by atoms with van der Waals surface area (Å²) in [6.07, 6.45) is 2.02. The van der Waals surface area contributed by atoms with E-state index in [-0.39, 0.29) is 5.91 Å². The van der Waals surface area contributed by atoms with Crippen LogP contribution < -0.4 is 4.90 Å². The number of rotatable bonds is 1. The lowest BCUT2D eigenvalue weighted by atomic mass is 10.0. The molecule has 0 saturated heterocycles. The molecular formula is C16H13Br2NO. The van der Waals surface area contributed by atoms with Crippen LogP contribution in [0.25, 0.3) is 0 Å². The van der Waals surface area contributed by atoms with Crippen LogP contribution in [-0.2, 0) is 6.42 Å². The fraction of sp³-hybridized carbons (Fsp3) is 0.188. The number of fused-ring (bicyclic) bond motifs is 1. The average Bonchev–Trinajstić information content (AvgIpc) is 2.46. The smallest absolute Gasteiger partial charge is 0.259 e. The van der Waals surface area contributed by atoms with Crippen molar-refractivity contribution < 1.29 is 4.79 Å². The number of nitrogens with zero attached hydrogens (tertiary/aromatic N) is 1. The summed E-state index contributed by atoms with van der Waals surface area (Å²) in [5.41, 5.74) is 2.97. The molecular weight excluding hydrogens is 382 g/mol. The Hall–Kier alpha value is -1.13. The third kappa shape index (κ3) is 2.54. The number of anilines is 1. The van der Waals surface area contributed by atoms with Crippen molar-refractivity contribution in [3.05, 3.63) is 62.5 Å². The number of carbonyl (C=O) groups excluding carboxylic acids is 1. The molecule has 0 unspecified atom stereocenters. The molecule has 1 aliphatic rings. The van der Waals surface area contributed by atoms with Crippen LogP contribution in [-0.4, -0.2) is 12.5 Å². The lowest BCUT2D eigenvalue weighted by Crippen LogP contribution is -2.35. The molecule has 0 radical (unpaired) electrons. The summed E-state index contributed by atoms with van der Waals surface area (Å²) in [6, 6.07) is 13.7. The molecule has 0 atom stereocenters. The number of halogens is 2. The summed E-state index contributed by atoms with van der Waals surface area (Å²) in [4.78, 5) is 14.6. The second-order valence-electron chi connectivity index (χ2n) is 4.81. The summed E-state index contributed by atoms with van der Waals surface area (Å²) in [5.74, 6) is 0.0562. The number of hydrogen-bond donors (Lipinski definition) is 0. The molecule has 0 N–H and O–H groups in total.